The average Bonchev–Trinajstić information content (AvgIpc) is 2.93. The Kier molecular flexibility index (Phi) is 3.72. The fourth-order valence-corrected chi connectivity index (χ4v) is 2.73. The maximum Gasteiger partial charge on any atom is 0.258 e. The first-order chi connectivity index (χ1) is 10.5. The fourth-order valence-electron chi connectivity index (χ4n) is 1.99. The first-order valence-electron chi connectivity index (χ1n) is 6.43. The van der Waals surface area contributed by atoms with E-state index in [0.29, 0.717) is 10.7 Å². The van der Waals surface area contributed by atoms with Gasteiger partial charge in [-0.1, -0.05) is 0 Å². The summed E-state index contributed by atoms with van der Waals surface area (Å²) in [6.45, 7) is 1.34. The number of hydrogen-bond donors (Lipinski definition) is 0. The normalized spacial score (nSPS) is 10.8. The zero-order valence-corrected chi connectivity index (χ0v) is 12.4. The van der Waals surface area contributed by atoms with E-state index in [-0.39, 0.29) is 29.3 Å². The summed E-state index contributed by atoms with van der Waals surface area (Å²) in [6, 6.07) is 5.40. The lowest BCUT2D eigenvalue weighted by Gasteiger charge is -2.07. The van der Waals surface area contributed by atoms with Crippen LogP contribution in [0.2, 0.25) is 0 Å². The molecule has 0 bridgehead atoms. The smallest absolute Gasteiger partial charge is 0.258 e. The Morgan fingerprint density at radius 3 is 2.95 bits per heavy atom. The maximum absolute atomic E-state index is 13.7. The van der Waals surface area contributed by atoms with Crippen molar-refractivity contribution >= 4 is 22.1 Å². The van der Waals surface area contributed by atoms with Crippen molar-refractivity contribution in [3.05, 3.63) is 63.3 Å². The van der Waals surface area contributed by atoms with Crippen LogP contribution in [0.25, 0.3) is 4.96 Å². The Morgan fingerprint density at radius 2 is 2.23 bits per heavy atom. The molecule has 0 radical (unpaired) electrons. The molecular weight excluding hydrogens is 307 g/mol. The van der Waals surface area contributed by atoms with Gasteiger partial charge in [0.15, 0.2) is 10.7 Å². The monoisotopic (exact) mass is 318 g/mol. The molecule has 3 rings (SSSR count). The number of halogens is 1. The van der Waals surface area contributed by atoms with Gasteiger partial charge in [-0.15, -0.1) is 11.3 Å². The van der Waals surface area contributed by atoms with Crippen molar-refractivity contribution in [2.75, 3.05) is 0 Å². The lowest BCUT2D eigenvalue weighted by molar-refractivity contribution is 0.101. The van der Waals surface area contributed by atoms with Crippen LogP contribution in [0.3, 0.4) is 0 Å². The van der Waals surface area contributed by atoms with E-state index >= 15 is 0 Å². The highest BCUT2D eigenvalue weighted by Gasteiger charge is 2.09. The van der Waals surface area contributed by atoms with E-state index < -0.39 is 5.82 Å². The summed E-state index contributed by atoms with van der Waals surface area (Å²) in [5.74, 6) is -0.704. The number of hydrogen-bond acceptors (Lipinski definition) is 5. The molecule has 0 saturated carbocycles. The molecule has 3 aromatic rings. The third-order valence-corrected chi connectivity index (χ3v) is 3.82. The summed E-state index contributed by atoms with van der Waals surface area (Å²) >= 11 is 1.34. The standard InChI is InChI=1S/C15H11FN2O3S/c1-9(19)12-3-2-11(7-13(12)16)21-8-10-6-14(20)18-4-5-22-15(18)17-10/h2-7H,8H2,1H3. The number of ketones is 1. The molecule has 112 valence electrons. The Labute approximate surface area is 128 Å². The first kappa shape index (κ1) is 14.4. The van der Waals surface area contributed by atoms with Crippen molar-refractivity contribution < 1.29 is 13.9 Å². The number of carbonyl (C=O) groups excluding carboxylic acids is 1. The third kappa shape index (κ3) is 2.75. The minimum absolute atomic E-state index is 0.0173. The number of rotatable bonds is 4. The highest BCUT2D eigenvalue weighted by molar-refractivity contribution is 7.15. The number of aromatic nitrogens is 2. The second kappa shape index (κ2) is 5.69. The number of carbonyl (C=O) groups is 1. The van der Waals surface area contributed by atoms with Crippen LogP contribution < -0.4 is 10.3 Å². The predicted molar refractivity (Wildman–Crippen MR) is 80.1 cm³/mol. The summed E-state index contributed by atoms with van der Waals surface area (Å²) in [5, 5.41) is 1.77. The number of benzene rings is 1. The molecule has 0 atom stereocenters. The zero-order valence-electron chi connectivity index (χ0n) is 11.6. The summed E-state index contributed by atoms with van der Waals surface area (Å²) in [7, 11) is 0. The van der Waals surface area contributed by atoms with Crippen molar-refractivity contribution in [1.82, 2.24) is 9.38 Å². The predicted octanol–water partition coefficient (Wildman–Crippen LogP) is 2.68. The molecule has 0 amide bonds. The average molecular weight is 318 g/mol. The number of fused-ring (bicyclic) bond motifs is 1. The van der Waals surface area contributed by atoms with Crippen molar-refractivity contribution in [3.8, 4) is 5.75 Å². The van der Waals surface area contributed by atoms with E-state index in [0.717, 1.165) is 6.07 Å². The molecule has 0 N–H and O–H groups in total. The van der Waals surface area contributed by atoms with Crippen LogP contribution in [-0.4, -0.2) is 15.2 Å². The molecule has 5 nitrogen and oxygen atoms in total. The summed E-state index contributed by atoms with van der Waals surface area (Å²) in [6.07, 6.45) is 1.65. The molecule has 0 aliphatic heterocycles. The van der Waals surface area contributed by atoms with Gasteiger partial charge in [0, 0.05) is 23.7 Å². The van der Waals surface area contributed by atoms with Crippen LogP contribution in [0.1, 0.15) is 23.0 Å². The van der Waals surface area contributed by atoms with Crippen LogP contribution in [0.4, 0.5) is 4.39 Å². The molecule has 0 saturated heterocycles. The number of nitrogens with zero attached hydrogens (tertiary/aromatic N) is 2. The van der Waals surface area contributed by atoms with Gasteiger partial charge in [0.2, 0.25) is 0 Å². The lowest BCUT2D eigenvalue weighted by Crippen LogP contribution is -2.14. The third-order valence-electron chi connectivity index (χ3n) is 3.06. The van der Waals surface area contributed by atoms with Crippen LogP contribution in [0.15, 0.2) is 40.6 Å². The Morgan fingerprint density at radius 1 is 1.41 bits per heavy atom. The molecule has 1 aromatic carbocycles. The lowest BCUT2D eigenvalue weighted by atomic mass is 10.1. The number of Topliss-reactive ketones (excluding diaryl/α,β-unsaturated/α-hetero) is 1. The summed E-state index contributed by atoms with van der Waals surface area (Å²) in [4.78, 5) is 27.9. The van der Waals surface area contributed by atoms with Gasteiger partial charge in [-0.3, -0.25) is 14.0 Å². The molecule has 7 heteroatoms. The van der Waals surface area contributed by atoms with E-state index in [9.17, 15) is 14.0 Å². The highest BCUT2D eigenvalue weighted by atomic mass is 32.1. The first-order valence-corrected chi connectivity index (χ1v) is 7.31. The van der Waals surface area contributed by atoms with E-state index in [1.165, 1.54) is 40.9 Å². The van der Waals surface area contributed by atoms with Crippen LogP contribution in [-0.2, 0) is 6.61 Å². The van der Waals surface area contributed by atoms with Gasteiger partial charge in [0.05, 0.1) is 11.3 Å². The van der Waals surface area contributed by atoms with Crippen LogP contribution in [0, 0.1) is 5.82 Å². The number of thiazole rings is 1. The molecular formula is C15H11FN2O3S. The van der Waals surface area contributed by atoms with Gasteiger partial charge in [-0.05, 0) is 19.1 Å². The Balaban J connectivity index is 1.80. The quantitative estimate of drug-likeness (QED) is 0.694. The largest absolute Gasteiger partial charge is 0.487 e. The second-order valence-corrected chi connectivity index (χ2v) is 5.50. The van der Waals surface area contributed by atoms with Gasteiger partial charge < -0.3 is 4.74 Å². The van der Waals surface area contributed by atoms with E-state index in [4.69, 9.17) is 4.74 Å². The van der Waals surface area contributed by atoms with Gasteiger partial charge in [-0.2, -0.15) is 0 Å². The molecule has 0 spiro atoms. The Bertz CT molecular complexity index is 917. The highest BCUT2D eigenvalue weighted by Crippen LogP contribution is 2.18. The van der Waals surface area contributed by atoms with Gasteiger partial charge in [-0.25, -0.2) is 9.37 Å². The van der Waals surface area contributed by atoms with Gasteiger partial charge in [0.25, 0.3) is 5.56 Å². The van der Waals surface area contributed by atoms with E-state index in [1.807, 2.05) is 0 Å². The number of ether oxygens (including phenoxy) is 1. The van der Waals surface area contributed by atoms with Gasteiger partial charge in [0.1, 0.15) is 18.2 Å². The second-order valence-electron chi connectivity index (χ2n) is 4.63. The van der Waals surface area contributed by atoms with Crippen molar-refractivity contribution in [2.24, 2.45) is 0 Å². The van der Waals surface area contributed by atoms with Crippen molar-refractivity contribution in [2.45, 2.75) is 13.5 Å². The Hall–Kier alpha value is -2.54. The van der Waals surface area contributed by atoms with Crippen molar-refractivity contribution in [1.29, 1.82) is 0 Å². The van der Waals surface area contributed by atoms with Crippen LogP contribution in [0.5, 0.6) is 5.75 Å². The fraction of sp³-hybridized carbons (Fsp3) is 0.133. The molecule has 0 aliphatic carbocycles. The topological polar surface area (TPSA) is 60.7 Å². The molecule has 0 unspecified atom stereocenters. The van der Waals surface area contributed by atoms with E-state index in [2.05, 4.69) is 4.98 Å². The molecule has 2 aromatic heterocycles. The van der Waals surface area contributed by atoms with Gasteiger partial charge >= 0.3 is 0 Å². The summed E-state index contributed by atoms with van der Waals surface area (Å²) < 4.78 is 20.6. The van der Waals surface area contributed by atoms with E-state index in [1.54, 1.807) is 11.6 Å². The maximum atomic E-state index is 13.7. The molecule has 22 heavy (non-hydrogen) atoms. The zero-order chi connectivity index (χ0) is 15.7. The van der Waals surface area contributed by atoms with Crippen molar-refractivity contribution in [3.63, 3.8) is 0 Å². The minimum atomic E-state index is -0.633. The SMILES string of the molecule is CC(=O)c1ccc(OCc2cc(=O)n3ccsc3n2)cc1F. The summed E-state index contributed by atoms with van der Waals surface area (Å²) in [5.41, 5.74) is 0.287. The molecule has 2 heterocycles. The molecule has 0 aliphatic rings. The van der Waals surface area contributed by atoms with Crippen LogP contribution >= 0.6 is 11.3 Å². The minimum Gasteiger partial charge on any atom is -0.487 e. The molecule has 0 fully saturated rings.